The fourth-order valence-corrected chi connectivity index (χ4v) is 3.27. The maximum Gasteiger partial charge on any atom is 0.227 e. The minimum absolute atomic E-state index is 0.231. The van der Waals surface area contributed by atoms with Crippen LogP contribution < -0.4 is 4.90 Å². The molecule has 0 spiro atoms. The highest BCUT2D eigenvalue weighted by Crippen LogP contribution is 2.30. The molecule has 20 heavy (non-hydrogen) atoms. The Morgan fingerprint density at radius 3 is 2.25 bits per heavy atom. The highest BCUT2D eigenvalue weighted by Gasteiger charge is 2.34. The predicted molar refractivity (Wildman–Crippen MR) is 84.0 cm³/mol. The Morgan fingerprint density at radius 2 is 1.70 bits per heavy atom. The molecule has 3 nitrogen and oxygen atoms in total. The van der Waals surface area contributed by atoms with Gasteiger partial charge in [0.1, 0.15) is 0 Å². The van der Waals surface area contributed by atoms with Gasteiger partial charge in [-0.1, -0.05) is 38.0 Å². The summed E-state index contributed by atoms with van der Waals surface area (Å²) in [5.74, 6) is 0.231. The van der Waals surface area contributed by atoms with E-state index < -0.39 is 0 Å². The zero-order chi connectivity index (χ0) is 14.5. The normalized spacial score (nSPS) is 22.8. The van der Waals surface area contributed by atoms with Crippen LogP contribution in [0.25, 0.3) is 0 Å². The molecular weight excluding hydrogens is 248 g/mol. The van der Waals surface area contributed by atoms with Crippen LogP contribution in [-0.4, -0.2) is 37.0 Å². The summed E-state index contributed by atoms with van der Waals surface area (Å²) in [6.45, 7) is 1.95. The van der Waals surface area contributed by atoms with E-state index in [1.54, 1.807) is 0 Å². The van der Waals surface area contributed by atoms with Gasteiger partial charge in [0.25, 0.3) is 0 Å². The molecule has 0 N–H and O–H groups in total. The van der Waals surface area contributed by atoms with Gasteiger partial charge < -0.3 is 9.80 Å². The Kier molecular flexibility index (Phi) is 5.18. The lowest BCUT2D eigenvalue weighted by Crippen LogP contribution is -2.53. The van der Waals surface area contributed by atoms with Crippen molar-refractivity contribution in [3.05, 3.63) is 30.3 Å². The highest BCUT2D eigenvalue weighted by atomic mass is 16.2. The molecule has 2 atom stereocenters. The maximum absolute atomic E-state index is 12.5. The molecule has 1 amide bonds. The summed E-state index contributed by atoms with van der Waals surface area (Å²) in [6.07, 6.45) is 5.32. The Hall–Kier alpha value is -1.35. The second-order valence-corrected chi connectivity index (χ2v) is 5.84. The first-order valence-corrected chi connectivity index (χ1v) is 7.68. The minimum atomic E-state index is 0.231. The summed E-state index contributed by atoms with van der Waals surface area (Å²) in [4.78, 5) is 16.8. The van der Waals surface area contributed by atoms with Gasteiger partial charge >= 0.3 is 0 Å². The Bertz CT molecular complexity index is 430. The van der Waals surface area contributed by atoms with Crippen molar-refractivity contribution >= 4 is 11.6 Å². The Labute approximate surface area is 122 Å². The molecule has 0 bridgehead atoms. The van der Waals surface area contributed by atoms with E-state index in [1.807, 2.05) is 30.0 Å². The minimum Gasteiger partial charge on any atom is -0.308 e. The van der Waals surface area contributed by atoms with Gasteiger partial charge in [-0.3, -0.25) is 4.79 Å². The second kappa shape index (κ2) is 6.89. The molecule has 1 aromatic carbocycles. The van der Waals surface area contributed by atoms with Gasteiger partial charge in [0.2, 0.25) is 5.91 Å². The number of amides is 1. The molecular formula is C17H26N2O. The van der Waals surface area contributed by atoms with Gasteiger partial charge in [0.15, 0.2) is 0 Å². The SMILES string of the molecule is CCC(=O)N(c1ccccc1)[C@H]1CCCC[C@H]1N(C)C. The molecule has 1 aromatic rings. The molecule has 3 heteroatoms. The predicted octanol–water partition coefficient (Wildman–Crippen LogP) is 3.30. The summed E-state index contributed by atoms with van der Waals surface area (Å²) >= 11 is 0. The van der Waals surface area contributed by atoms with Crippen LogP contribution in [-0.2, 0) is 4.79 Å². The molecule has 0 heterocycles. The molecule has 0 unspecified atom stereocenters. The molecule has 2 rings (SSSR count). The number of anilines is 1. The molecule has 1 aliphatic rings. The second-order valence-electron chi connectivity index (χ2n) is 5.84. The van der Waals surface area contributed by atoms with Gasteiger partial charge in [-0.25, -0.2) is 0 Å². The summed E-state index contributed by atoms with van der Waals surface area (Å²) < 4.78 is 0. The monoisotopic (exact) mass is 274 g/mol. The van der Waals surface area contributed by atoms with Gasteiger partial charge in [0, 0.05) is 18.2 Å². The average molecular weight is 274 g/mol. The lowest BCUT2D eigenvalue weighted by Gasteiger charge is -2.42. The van der Waals surface area contributed by atoms with E-state index in [1.165, 1.54) is 19.3 Å². The standard InChI is InChI=1S/C17H26N2O/c1-4-17(20)19(14-10-6-5-7-11-14)16-13-9-8-12-15(16)18(2)3/h5-7,10-11,15-16H,4,8-9,12-13H2,1-3H3/t15-,16+/m1/s1. The van der Waals surface area contributed by atoms with Crippen LogP contribution in [0.1, 0.15) is 39.0 Å². The molecule has 1 fully saturated rings. The lowest BCUT2D eigenvalue weighted by atomic mass is 9.88. The van der Waals surface area contributed by atoms with Crippen molar-refractivity contribution in [3.8, 4) is 0 Å². The maximum atomic E-state index is 12.5. The number of carbonyl (C=O) groups is 1. The lowest BCUT2D eigenvalue weighted by molar-refractivity contribution is -0.119. The van der Waals surface area contributed by atoms with Crippen molar-refractivity contribution < 1.29 is 4.79 Å². The summed E-state index contributed by atoms with van der Waals surface area (Å²) in [7, 11) is 4.26. The summed E-state index contributed by atoms with van der Waals surface area (Å²) in [5.41, 5.74) is 1.04. The third-order valence-electron chi connectivity index (χ3n) is 4.29. The van der Waals surface area contributed by atoms with Crippen molar-refractivity contribution in [3.63, 3.8) is 0 Å². The van der Waals surface area contributed by atoms with E-state index in [0.29, 0.717) is 18.5 Å². The molecule has 0 aliphatic heterocycles. The van der Waals surface area contributed by atoms with Crippen LogP contribution >= 0.6 is 0 Å². The first kappa shape index (κ1) is 15.0. The third-order valence-corrected chi connectivity index (χ3v) is 4.29. The number of nitrogens with zero attached hydrogens (tertiary/aromatic N) is 2. The Morgan fingerprint density at radius 1 is 1.10 bits per heavy atom. The van der Waals surface area contributed by atoms with E-state index in [-0.39, 0.29) is 5.91 Å². The summed E-state index contributed by atoms with van der Waals surface area (Å²) in [6, 6.07) is 10.9. The zero-order valence-electron chi connectivity index (χ0n) is 12.9. The third kappa shape index (κ3) is 3.21. The number of benzene rings is 1. The van der Waals surface area contributed by atoms with Crippen LogP contribution in [0.15, 0.2) is 30.3 Å². The molecule has 0 saturated heterocycles. The van der Waals surface area contributed by atoms with Crippen LogP contribution in [0.4, 0.5) is 5.69 Å². The van der Waals surface area contributed by atoms with Crippen LogP contribution in [0.2, 0.25) is 0 Å². The molecule has 1 saturated carbocycles. The first-order valence-electron chi connectivity index (χ1n) is 7.68. The van der Waals surface area contributed by atoms with E-state index in [2.05, 4.69) is 31.1 Å². The van der Waals surface area contributed by atoms with Gasteiger partial charge in [-0.15, -0.1) is 0 Å². The topological polar surface area (TPSA) is 23.6 Å². The van der Waals surface area contributed by atoms with Crippen molar-refractivity contribution in [2.24, 2.45) is 0 Å². The van der Waals surface area contributed by atoms with Gasteiger partial charge in [-0.05, 0) is 39.1 Å². The fourth-order valence-electron chi connectivity index (χ4n) is 3.27. The van der Waals surface area contributed by atoms with E-state index in [4.69, 9.17) is 0 Å². The van der Waals surface area contributed by atoms with Crippen molar-refractivity contribution in [1.29, 1.82) is 0 Å². The number of likely N-dealkylation sites (N-methyl/N-ethyl adjacent to an activating group) is 1. The largest absolute Gasteiger partial charge is 0.308 e. The average Bonchev–Trinajstić information content (AvgIpc) is 2.48. The molecule has 1 aliphatic carbocycles. The fraction of sp³-hybridized carbons (Fsp3) is 0.588. The Balaban J connectivity index is 2.32. The molecule has 0 radical (unpaired) electrons. The number of hydrogen-bond acceptors (Lipinski definition) is 2. The van der Waals surface area contributed by atoms with E-state index >= 15 is 0 Å². The number of para-hydroxylation sites is 1. The zero-order valence-corrected chi connectivity index (χ0v) is 12.9. The smallest absolute Gasteiger partial charge is 0.227 e. The van der Waals surface area contributed by atoms with Crippen molar-refractivity contribution in [2.75, 3.05) is 19.0 Å². The van der Waals surface area contributed by atoms with Gasteiger partial charge in [-0.2, -0.15) is 0 Å². The quantitative estimate of drug-likeness (QED) is 0.841. The first-order chi connectivity index (χ1) is 9.65. The number of carbonyl (C=O) groups excluding carboxylic acids is 1. The molecule has 110 valence electrons. The van der Waals surface area contributed by atoms with Crippen molar-refractivity contribution in [2.45, 2.75) is 51.1 Å². The van der Waals surface area contributed by atoms with Crippen LogP contribution in [0.3, 0.4) is 0 Å². The number of hydrogen-bond donors (Lipinski definition) is 0. The van der Waals surface area contributed by atoms with Crippen LogP contribution in [0, 0.1) is 0 Å². The molecule has 0 aromatic heterocycles. The number of rotatable bonds is 4. The van der Waals surface area contributed by atoms with E-state index in [9.17, 15) is 4.79 Å². The summed E-state index contributed by atoms with van der Waals surface area (Å²) in [5, 5.41) is 0. The van der Waals surface area contributed by atoms with Crippen LogP contribution in [0.5, 0.6) is 0 Å². The van der Waals surface area contributed by atoms with E-state index in [0.717, 1.165) is 12.1 Å². The highest BCUT2D eigenvalue weighted by molar-refractivity contribution is 5.93. The van der Waals surface area contributed by atoms with Crippen molar-refractivity contribution in [1.82, 2.24) is 4.90 Å². The van der Waals surface area contributed by atoms with Gasteiger partial charge in [0.05, 0.1) is 6.04 Å².